The van der Waals surface area contributed by atoms with Gasteiger partial charge in [0.2, 0.25) is 23.6 Å². The quantitative estimate of drug-likeness (QED) is 0.228. The van der Waals surface area contributed by atoms with Crippen molar-refractivity contribution in [1.29, 1.82) is 0 Å². The number of carbonyl (C=O) groups excluding carboxylic acids is 5. The van der Waals surface area contributed by atoms with E-state index in [0.717, 1.165) is 5.75 Å². The van der Waals surface area contributed by atoms with E-state index < -0.39 is 59.9 Å². The molecule has 0 saturated carbocycles. The predicted octanol–water partition coefficient (Wildman–Crippen LogP) is 0.280. The molecule has 12 heteroatoms. The maximum atomic E-state index is 13.1. The fraction of sp³-hybridized carbons (Fsp3) is 0.667. The van der Waals surface area contributed by atoms with Crippen LogP contribution < -0.4 is 21.3 Å². The smallest absolute Gasteiger partial charge is 0.326 e. The average Bonchev–Trinajstić information content (AvgIpc) is 2.71. The number of hydrogen-bond donors (Lipinski definition) is 4. The van der Waals surface area contributed by atoms with Gasteiger partial charge in [0.15, 0.2) is 0 Å². The highest BCUT2D eigenvalue weighted by atomic mass is 33.1. The van der Waals surface area contributed by atoms with Gasteiger partial charge in [-0.2, -0.15) is 0 Å². The molecule has 0 aromatic carbocycles. The van der Waals surface area contributed by atoms with Crippen LogP contribution in [-0.4, -0.2) is 71.4 Å². The van der Waals surface area contributed by atoms with E-state index in [1.807, 2.05) is 6.08 Å². The Morgan fingerprint density at radius 1 is 1.06 bits per heavy atom. The number of nitrogens with one attached hydrogen (secondary N) is 4. The monoisotopic (exact) mass is 500 g/mol. The molecule has 2 heterocycles. The number of esters is 1. The number of allylic oxidation sites excluding steroid dienone is 1. The van der Waals surface area contributed by atoms with Crippen molar-refractivity contribution >= 4 is 51.2 Å². The minimum absolute atomic E-state index is 0.187. The molecule has 2 aliphatic heterocycles. The third-order valence-corrected chi connectivity index (χ3v) is 7.45. The van der Waals surface area contributed by atoms with E-state index in [1.54, 1.807) is 19.9 Å². The van der Waals surface area contributed by atoms with Gasteiger partial charge in [-0.25, -0.2) is 0 Å². The Labute approximate surface area is 201 Å². The molecule has 0 aromatic heterocycles. The van der Waals surface area contributed by atoms with E-state index in [-0.39, 0.29) is 18.1 Å². The van der Waals surface area contributed by atoms with Crippen LogP contribution in [0.4, 0.5) is 0 Å². The second kappa shape index (κ2) is 12.3. The highest BCUT2D eigenvalue weighted by Crippen LogP contribution is 2.24. The van der Waals surface area contributed by atoms with Gasteiger partial charge in [0.1, 0.15) is 30.3 Å². The minimum atomic E-state index is -1.32. The van der Waals surface area contributed by atoms with E-state index >= 15 is 0 Å². The molecule has 0 spiro atoms. The number of amides is 4. The second-order valence-electron chi connectivity index (χ2n) is 8.70. The molecule has 0 aliphatic carbocycles. The number of rotatable bonds is 1. The molecule has 4 amide bonds. The predicted molar refractivity (Wildman–Crippen MR) is 127 cm³/mol. The summed E-state index contributed by atoms with van der Waals surface area (Å²) in [5.74, 6) is -2.09. The zero-order chi connectivity index (χ0) is 24.6. The van der Waals surface area contributed by atoms with Crippen molar-refractivity contribution in [3.05, 3.63) is 12.2 Å². The molecule has 2 bridgehead atoms. The molecule has 0 aromatic rings. The van der Waals surface area contributed by atoms with Crippen molar-refractivity contribution in [2.45, 2.75) is 64.3 Å². The fourth-order valence-corrected chi connectivity index (χ4v) is 5.27. The Morgan fingerprint density at radius 2 is 1.79 bits per heavy atom. The van der Waals surface area contributed by atoms with E-state index in [1.165, 1.54) is 35.4 Å². The van der Waals surface area contributed by atoms with Crippen LogP contribution in [0.2, 0.25) is 0 Å². The Morgan fingerprint density at radius 3 is 2.48 bits per heavy atom. The first-order chi connectivity index (χ1) is 15.5. The van der Waals surface area contributed by atoms with Crippen LogP contribution in [0.1, 0.15) is 40.5 Å². The van der Waals surface area contributed by atoms with Crippen LogP contribution in [0.5, 0.6) is 0 Å². The maximum absolute atomic E-state index is 13.1. The van der Waals surface area contributed by atoms with Gasteiger partial charge in [0.25, 0.3) is 0 Å². The third-order valence-electron chi connectivity index (χ3n) is 5.00. The summed E-state index contributed by atoms with van der Waals surface area (Å²) in [6.07, 6.45) is 3.09. The Hall–Kier alpha value is -2.21. The molecule has 33 heavy (non-hydrogen) atoms. The minimum Gasteiger partial charge on any atom is -0.456 e. The molecule has 1 saturated heterocycles. The van der Waals surface area contributed by atoms with Crippen molar-refractivity contribution in [3.8, 4) is 0 Å². The molecule has 4 N–H and O–H groups in total. The summed E-state index contributed by atoms with van der Waals surface area (Å²) in [6, 6.07) is -1.83. The van der Waals surface area contributed by atoms with Crippen LogP contribution in [-0.2, 0) is 28.7 Å². The van der Waals surface area contributed by atoms with Crippen LogP contribution in [0.25, 0.3) is 0 Å². The molecule has 10 nitrogen and oxygen atoms in total. The summed E-state index contributed by atoms with van der Waals surface area (Å²) in [5.41, 5.74) is -1.32. The van der Waals surface area contributed by atoms with E-state index in [4.69, 9.17) is 4.74 Å². The molecule has 1 fully saturated rings. The SMILES string of the molecule is CC(C)[C@H]1NC(=O)[C@H]2CSSCCC=C[C@H](CC(=O)NC(C)(C)C(=O)N2)OC(=O)CNC1=O. The molecule has 0 radical (unpaired) electrons. The number of hydrogen-bond acceptors (Lipinski definition) is 8. The largest absolute Gasteiger partial charge is 0.456 e. The lowest BCUT2D eigenvalue weighted by molar-refractivity contribution is -0.149. The Balaban J connectivity index is 2.44. The van der Waals surface area contributed by atoms with Crippen molar-refractivity contribution < 1.29 is 28.7 Å². The summed E-state index contributed by atoms with van der Waals surface area (Å²) in [5, 5.41) is 10.5. The lowest BCUT2D eigenvalue weighted by Crippen LogP contribution is -2.61. The Kier molecular flexibility index (Phi) is 10.1. The lowest BCUT2D eigenvalue weighted by atomic mass is 10.0. The first-order valence-corrected chi connectivity index (χ1v) is 13.3. The van der Waals surface area contributed by atoms with Gasteiger partial charge in [-0.15, -0.1) is 0 Å². The Bertz CT molecular complexity index is 802. The van der Waals surface area contributed by atoms with Gasteiger partial charge < -0.3 is 26.0 Å². The van der Waals surface area contributed by atoms with E-state index in [9.17, 15) is 24.0 Å². The summed E-state index contributed by atoms with van der Waals surface area (Å²) in [7, 11) is 2.96. The summed E-state index contributed by atoms with van der Waals surface area (Å²) >= 11 is 0. The number of ether oxygens (including phenoxy) is 1. The van der Waals surface area contributed by atoms with Crippen LogP contribution in [0.3, 0.4) is 0 Å². The first-order valence-electron chi connectivity index (χ1n) is 10.8. The summed E-state index contributed by atoms with van der Waals surface area (Å²) in [6.45, 7) is 6.18. The zero-order valence-corrected chi connectivity index (χ0v) is 20.9. The third kappa shape index (κ3) is 8.58. The number of fused-ring (bicyclic) bond motifs is 7. The van der Waals surface area contributed by atoms with E-state index in [2.05, 4.69) is 21.3 Å². The summed E-state index contributed by atoms with van der Waals surface area (Å²) < 4.78 is 5.40. The molecule has 0 unspecified atom stereocenters. The van der Waals surface area contributed by atoms with Crippen molar-refractivity contribution in [2.75, 3.05) is 18.1 Å². The number of carbonyl (C=O) groups is 5. The van der Waals surface area contributed by atoms with Crippen molar-refractivity contribution in [1.82, 2.24) is 21.3 Å². The zero-order valence-electron chi connectivity index (χ0n) is 19.3. The van der Waals surface area contributed by atoms with Gasteiger partial charge in [-0.05, 0) is 32.3 Å². The van der Waals surface area contributed by atoms with Gasteiger partial charge in [0.05, 0.1) is 6.42 Å². The first kappa shape index (κ1) is 27.0. The van der Waals surface area contributed by atoms with Gasteiger partial charge in [-0.1, -0.05) is 41.5 Å². The van der Waals surface area contributed by atoms with Crippen molar-refractivity contribution in [3.63, 3.8) is 0 Å². The molecule has 2 rings (SSSR count). The van der Waals surface area contributed by atoms with Gasteiger partial charge in [0, 0.05) is 11.5 Å². The average molecular weight is 501 g/mol. The van der Waals surface area contributed by atoms with E-state index in [0.29, 0.717) is 6.42 Å². The van der Waals surface area contributed by atoms with Crippen LogP contribution >= 0.6 is 21.6 Å². The fourth-order valence-electron chi connectivity index (χ4n) is 3.12. The standard InChI is InChI=1S/C21H32N4O6S2/c1-12(2)17-19(29)22-10-16(27)31-13-7-5-6-8-32-33-11-14(18(28)24-17)23-20(30)21(3,4)25-15(26)9-13/h5,7,12-14,17H,6,8-11H2,1-4H3,(H,22,29)(H,23,30)(H,24,28)(H,25,26)/t13-,14-,17-/m1/s1. The second-order valence-corrected chi connectivity index (χ2v) is 11.3. The normalized spacial score (nSPS) is 28.2. The molecular weight excluding hydrogens is 468 g/mol. The van der Waals surface area contributed by atoms with Gasteiger partial charge in [-0.3, -0.25) is 24.0 Å². The summed E-state index contributed by atoms with van der Waals surface area (Å²) in [4.78, 5) is 63.7. The molecule has 184 valence electrons. The molecule has 3 atom stereocenters. The highest BCUT2D eigenvalue weighted by Gasteiger charge is 2.35. The molecule has 2 aliphatic rings. The maximum Gasteiger partial charge on any atom is 0.326 e. The molecular formula is C21H32N4O6S2. The van der Waals surface area contributed by atoms with Crippen molar-refractivity contribution in [2.24, 2.45) is 5.92 Å². The van der Waals surface area contributed by atoms with Crippen LogP contribution in [0.15, 0.2) is 12.2 Å². The van der Waals surface area contributed by atoms with Crippen LogP contribution in [0, 0.1) is 5.92 Å². The topological polar surface area (TPSA) is 143 Å². The highest BCUT2D eigenvalue weighted by molar-refractivity contribution is 8.76. The van der Waals surface area contributed by atoms with Gasteiger partial charge >= 0.3 is 5.97 Å². The lowest BCUT2D eigenvalue weighted by Gasteiger charge is -2.30.